The molecule has 0 atom stereocenters. The summed E-state index contributed by atoms with van der Waals surface area (Å²) < 4.78 is 10.9. The molecule has 4 heteroatoms. The molecule has 0 fully saturated rings. The molecule has 1 aromatic carbocycles. The summed E-state index contributed by atoms with van der Waals surface area (Å²) in [6, 6.07) is 7.87. The van der Waals surface area contributed by atoms with Gasteiger partial charge in [0.15, 0.2) is 0 Å². The third-order valence-corrected chi connectivity index (χ3v) is 4.12. The van der Waals surface area contributed by atoms with Gasteiger partial charge in [-0.25, -0.2) is 0 Å². The van der Waals surface area contributed by atoms with Gasteiger partial charge in [0.05, 0.1) is 12.7 Å². The van der Waals surface area contributed by atoms with Gasteiger partial charge in [-0.15, -0.1) is 0 Å². The van der Waals surface area contributed by atoms with Crippen LogP contribution in [0.25, 0.3) is 11.0 Å². The van der Waals surface area contributed by atoms with Crippen LogP contribution >= 0.6 is 0 Å². The van der Waals surface area contributed by atoms with Crippen molar-refractivity contribution >= 4 is 16.9 Å². The third kappa shape index (κ3) is 3.48. The van der Waals surface area contributed by atoms with Crippen LogP contribution in [0.1, 0.15) is 42.0 Å². The molecule has 4 nitrogen and oxygen atoms in total. The van der Waals surface area contributed by atoms with Crippen LogP contribution in [0.3, 0.4) is 0 Å². The second-order valence-electron chi connectivity index (χ2n) is 6.32. The van der Waals surface area contributed by atoms with Crippen molar-refractivity contribution in [1.82, 2.24) is 4.98 Å². The fourth-order valence-electron chi connectivity index (χ4n) is 2.86. The van der Waals surface area contributed by atoms with Crippen LogP contribution in [0.2, 0.25) is 0 Å². The van der Waals surface area contributed by atoms with E-state index in [1.165, 1.54) is 11.1 Å². The van der Waals surface area contributed by atoms with Crippen molar-refractivity contribution < 1.29 is 13.9 Å². The molecule has 0 bridgehead atoms. The van der Waals surface area contributed by atoms with Gasteiger partial charge < -0.3 is 9.15 Å². The number of pyridine rings is 1. The number of esters is 1. The van der Waals surface area contributed by atoms with E-state index in [0.717, 1.165) is 22.1 Å². The van der Waals surface area contributed by atoms with E-state index in [-0.39, 0.29) is 19.0 Å². The highest BCUT2D eigenvalue weighted by Gasteiger charge is 2.14. The van der Waals surface area contributed by atoms with Crippen LogP contribution in [0.5, 0.6) is 0 Å². The van der Waals surface area contributed by atoms with E-state index in [4.69, 9.17) is 9.15 Å². The molecule has 0 aliphatic heterocycles. The first-order valence-corrected chi connectivity index (χ1v) is 8.09. The molecule has 0 amide bonds. The second-order valence-corrected chi connectivity index (χ2v) is 6.32. The van der Waals surface area contributed by atoms with Crippen molar-refractivity contribution in [1.29, 1.82) is 0 Å². The number of carbonyl (C=O) groups excluding carboxylic acids is 1. The van der Waals surface area contributed by atoms with Crippen molar-refractivity contribution in [3.05, 3.63) is 65.2 Å². The van der Waals surface area contributed by atoms with Gasteiger partial charge in [0.1, 0.15) is 12.2 Å². The highest BCUT2D eigenvalue weighted by molar-refractivity contribution is 5.87. The highest BCUT2D eigenvalue weighted by atomic mass is 16.5. The molecule has 0 aliphatic rings. The number of hydrogen-bond acceptors (Lipinski definition) is 4. The second kappa shape index (κ2) is 6.87. The first kappa shape index (κ1) is 16.2. The average molecular weight is 323 g/mol. The number of benzene rings is 1. The number of carbonyl (C=O) groups is 1. The Balaban J connectivity index is 1.75. The molecular weight excluding hydrogens is 302 g/mol. The summed E-state index contributed by atoms with van der Waals surface area (Å²) in [5, 5.41) is 0.989. The Labute approximate surface area is 141 Å². The fraction of sp³-hybridized carbons (Fsp3) is 0.300. The van der Waals surface area contributed by atoms with E-state index >= 15 is 0 Å². The Hall–Kier alpha value is -2.62. The normalized spacial score (nSPS) is 11.2. The number of fused-ring (bicyclic) bond motifs is 1. The Morgan fingerprint density at radius 2 is 2.17 bits per heavy atom. The lowest BCUT2D eigenvalue weighted by molar-refractivity contribution is -0.144. The van der Waals surface area contributed by atoms with E-state index in [1.54, 1.807) is 18.7 Å². The molecule has 0 unspecified atom stereocenters. The number of rotatable bonds is 5. The minimum atomic E-state index is -0.270. The van der Waals surface area contributed by atoms with Crippen molar-refractivity contribution in [2.75, 3.05) is 0 Å². The van der Waals surface area contributed by atoms with Crippen LogP contribution < -0.4 is 0 Å². The number of ether oxygens (including phenoxy) is 1. The van der Waals surface area contributed by atoms with Gasteiger partial charge >= 0.3 is 5.97 Å². The summed E-state index contributed by atoms with van der Waals surface area (Å²) in [6.07, 6.45) is 5.24. The molecule has 0 saturated carbocycles. The number of aromatic nitrogens is 1. The number of nitrogens with zero attached hydrogens (tertiary/aromatic N) is 1. The van der Waals surface area contributed by atoms with Gasteiger partial charge in [0.2, 0.25) is 0 Å². The molecule has 0 N–H and O–H groups in total. The molecule has 2 heterocycles. The standard InChI is InChI=1S/C20H21NO3/c1-13(2)17-9-18-16(12-23-19(18)7-14(17)3)8-20(22)24-11-15-5-4-6-21-10-15/h4-7,9-10,12-13H,8,11H2,1-3H3. The topological polar surface area (TPSA) is 52.3 Å². The van der Waals surface area contributed by atoms with Gasteiger partial charge in [-0.2, -0.15) is 0 Å². The minimum absolute atomic E-state index is 0.202. The van der Waals surface area contributed by atoms with E-state index in [0.29, 0.717) is 5.92 Å². The predicted molar refractivity (Wildman–Crippen MR) is 92.8 cm³/mol. The molecule has 124 valence electrons. The van der Waals surface area contributed by atoms with E-state index < -0.39 is 0 Å². The van der Waals surface area contributed by atoms with Crippen molar-refractivity contribution in [2.24, 2.45) is 0 Å². The Morgan fingerprint density at radius 3 is 2.88 bits per heavy atom. The van der Waals surface area contributed by atoms with Gasteiger partial charge in [-0.1, -0.05) is 19.9 Å². The largest absolute Gasteiger partial charge is 0.464 e. The van der Waals surface area contributed by atoms with Crippen LogP contribution in [-0.4, -0.2) is 11.0 Å². The third-order valence-electron chi connectivity index (χ3n) is 4.12. The molecule has 0 aliphatic carbocycles. The molecule has 3 rings (SSSR count). The van der Waals surface area contributed by atoms with Crippen molar-refractivity contribution in [3.8, 4) is 0 Å². The maximum absolute atomic E-state index is 12.1. The lowest BCUT2D eigenvalue weighted by atomic mass is 9.95. The summed E-state index contributed by atoms with van der Waals surface area (Å²) in [5.74, 6) is 0.155. The van der Waals surface area contributed by atoms with Crippen LogP contribution in [-0.2, 0) is 22.6 Å². The minimum Gasteiger partial charge on any atom is -0.464 e. The van der Waals surface area contributed by atoms with Gasteiger partial charge in [-0.3, -0.25) is 9.78 Å². The zero-order valence-corrected chi connectivity index (χ0v) is 14.2. The van der Waals surface area contributed by atoms with E-state index in [9.17, 15) is 4.79 Å². The fourth-order valence-corrected chi connectivity index (χ4v) is 2.86. The Bertz CT molecular complexity index is 850. The summed E-state index contributed by atoms with van der Waals surface area (Å²) in [6.45, 7) is 6.64. The lowest BCUT2D eigenvalue weighted by Gasteiger charge is -2.10. The Morgan fingerprint density at radius 1 is 1.33 bits per heavy atom. The van der Waals surface area contributed by atoms with Gasteiger partial charge in [0, 0.05) is 28.9 Å². The SMILES string of the molecule is Cc1cc2occ(CC(=O)OCc3cccnc3)c2cc1C(C)C. The molecule has 3 aromatic rings. The summed E-state index contributed by atoms with van der Waals surface area (Å²) in [7, 11) is 0. The van der Waals surface area contributed by atoms with Crippen LogP contribution in [0.4, 0.5) is 0 Å². The number of furan rings is 1. The number of aryl methyl sites for hydroxylation is 1. The molecule has 2 aromatic heterocycles. The first-order valence-electron chi connectivity index (χ1n) is 8.09. The molecule has 0 saturated heterocycles. The zero-order valence-electron chi connectivity index (χ0n) is 14.2. The van der Waals surface area contributed by atoms with Crippen LogP contribution in [0.15, 0.2) is 47.3 Å². The van der Waals surface area contributed by atoms with Crippen LogP contribution in [0, 0.1) is 6.92 Å². The van der Waals surface area contributed by atoms with Crippen molar-refractivity contribution in [2.45, 2.75) is 39.7 Å². The first-order chi connectivity index (χ1) is 11.5. The molecule has 0 spiro atoms. The maximum Gasteiger partial charge on any atom is 0.310 e. The smallest absolute Gasteiger partial charge is 0.310 e. The average Bonchev–Trinajstić information content (AvgIpc) is 2.94. The zero-order chi connectivity index (χ0) is 17.1. The highest BCUT2D eigenvalue weighted by Crippen LogP contribution is 2.29. The van der Waals surface area contributed by atoms with Crippen molar-refractivity contribution in [3.63, 3.8) is 0 Å². The molecule has 0 radical (unpaired) electrons. The Kier molecular flexibility index (Phi) is 4.65. The van der Waals surface area contributed by atoms with E-state index in [2.05, 4.69) is 31.8 Å². The summed E-state index contributed by atoms with van der Waals surface area (Å²) >= 11 is 0. The maximum atomic E-state index is 12.1. The van der Waals surface area contributed by atoms with Gasteiger partial charge in [0.25, 0.3) is 0 Å². The molecular formula is C20H21NO3. The number of hydrogen-bond donors (Lipinski definition) is 0. The summed E-state index contributed by atoms with van der Waals surface area (Å²) in [5.41, 5.74) is 5.03. The summed E-state index contributed by atoms with van der Waals surface area (Å²) in [4.78, 5) is 16.1. The predicted octanol–water partition coefficient (Wildman–Crippen LogP) is 4.55. The lowest BCUT2D eigenvalue weighted by Crippen LogP contribution is -2.07. The monoisotopic (exact) mass is 323 g/mol. The molecule has 24 heavy (non-hydrogen) atoms. The van der Waals surface area contributed by atoms with Gasteiger partial charge in [-0.05, 0) is 42.2 Å². The quantitative estimate of drug-likeness (QED) is 0.647. The van der Waals surface area contributed by atoms with E-state index in [1.807, 2.05) is 18.2 Å².